The molecule has 3 aromatic rings. The third-order valence-electron chi connectivity index (χ3n) is 7.85. The molecule has 1 saturated carbocycles. The molecule has 1 spiro atoms. The van der Waals surface area contributed by atoms with E-state index >= 15 is 0 Å². The van der Waals surface area contributed by atoms with E-state index in [1.165, 1.54) is 0 Å². The summed E-state index contributed by atoms with van der Waals surface area (Å²) in [6.45, 7) is 2.59. The van der Waals surface area contributed by atoms with Crippen LogP contribution in [0.1, 0.15) is 29.6 Å². The lowest BCUT2D eigenvalue weighted by atomic mass is 9.90. The second kappa shape index (κ2) is 8.41. The summed E-state index contributed by atoms with van der Waals surface area (Å²) in [6.07, 6.45) is 2.55. The van der Waals surface area contributed by atoms with Gasteiger partial charge < -0.3 is 15.5 Å². The molecule has 0 aromatic heterocycles. The van der Waals surface area contributed by atoms with Crippen molar-refractivity contribution in [1.82, 2.24) is 10.2 Å². The van der Waals surface area contributed by atoms with Crippen LogP contribution in [0.2, 0.25) is 0 Å². The fraction of sp³-hybridized carbons (Fsp3) is 0.321. The van der Waals surface area contributed by atoms with Crippen LogP contribution in [0.25, 0.3) is 10.8 Å². The number of carbonyl (C=O) groups excluding carboxylic acids is 3. The molecule has 0 unspecified atom stereocenters. The van der Waals surface area contributed by atoms with Crippen molar-refractivity contribution in [2.75, 3.05) is 36.4 Å². The molecular weight excluding hydrogens is 440 g/mol. The van der Waals surface area contributed by atoms with E-state index in [0.717, 1.165) is 41.3 Å². The molecule has 3 aromatic carbocycles. The normalized spacial score (nSPS) is 20.7. The van der Waals surface area contributed by atoms with Gasteiger partial charge in [-0.05, 0) is 59.7 Å². The van der Waals surface area contributed by atoms with Crippen LogP contribution in [-0.2, 0) is 4.79 Å². The SMILES string of the molecule is O=C(Nc1cccc(N2CCNC2=O)c1)[C@H]1CC12CCN(C(=O)c1cccc3ccccc13)CC2. The highest BCUT2D eigenvalue weighted by Crippen LogP contribution is 2.59. The third-order valence-corrected chi connectivity index (χ3v) is 7.85. The molecule has 2 N–H and O–H groups in total. The zero-order valence-corrected chi connectivity index (χ0v) is 19.5. The number of hydrogen-bond donors (Lipinski definition) is 2. The Morgan fingerprint density at radius 1 is 0.943 bits per heavy atom. The van der Waals surface area contributed by atoms with Crippen molar-refractivity contribution in [2.24, 2.45) is 11.3 Å². The Morgan fingerprint density at radius 2 is 1.71 bits per heavy atom. The number of piperidine rings is 1. The molecule has 1 aliphatic carbocycles. The number of rotatable bonds is 4. The number of nitrogens with zero attached hydrogens (tertiary/aromatic N) is 2. The van der Waals surface area contributed by atoms with Gasteiger partial charge in [0.05, 0.1) is 0 Å². The van der Waals surface area contributed by atoms with Crippen LogP contribution in [0.5, 0.6) is 0 Å². The van der Waals surface area contributed by atoms with E-state index < -0.39 is 0 Å². The minimum absolute atomic E-state index is 0.00787. The van der Waals surface area contributed by atoms with Crippen LogP contribution in [-0.4, -0.2) is 48.9 Å². The molecule has 7 nitrogen and oxygen atoms in total. The van der Waals surface area contributed by atoms with Gasteiger partial charge in [-0.1, -0.05) is 42.5 Å². The van der Waals surface area contributed by atoms with Crippen molar-refractivity contribution >= 4 is 40.0 Å². The van der Waals surface area contributed by atoms with Gasteiger partial charge in [-0.25, -0.2) is 4.79 Å². The van der Waals surface area contributed by atoms with Crippen molar-refractivity contribution in [3.05, 3.63) is 72.3 Å². The summed E-state index contributed by atoms with van der Waals surface area (Å²) in [6, 6.07) is 21.2. The molecule has 7 heteroatoms. The highest BCUT2D eigenvalue weighted by Gasteiger charge is 2.58. The van der Waals surface area contributed by atoms with E-state index in [0.29, 0.717) is 31.9 Å². The van der Waals surface area contributed by atoms with Crippen molar-refractivity contribution in [1.29, 1.82) is 0 Å². The summed E-state index contributed by atoms with van der Waals surface area (Å²) in [5, 5.41) is 7.91. The fourth-order valence-corrected chi connectivity index (χ4v) is 5.71. The highest BCUT2D eigenvalue weighted by atomic mass is 16.2. The quantitative estimate of drug-likeness (QED) is 0.601. The predicted octanol–water partition coefficient (Wildman–Crippen LogP) is 4.25. The van der Waals surface area contributed by atoms with Crippen LogP contribution in [0.4, 0.5) is 16.2 Å². The average Bonchev–Trinajstić information content (AvgIpc) is 3.41. The Kier molecular flexibility index (Phi) is 5.20. The van der Waals surface area contributed by atoms with Gasteiger partial charge in [0.1, 0.15) is 0 Å². The molecule has 0 radical (unpaired) electrons. The van der Waals surface area contributed by atoms with Crippen LogP contribution < -0.4 is 15.5 Å². The van der Waals surface area contributed by atoms with Gasteiger partial charge in [0.25, 0.3) is 5.91 Å². The van der Waals surface area contributed by atoms with Crippen LogP contribution in [0.3, 0.4) is 0 Å². The van der Waals surface area contributed by atoms with Crippen LogP contribution in [0, 0.1) is 11.3 Å². The minimum atomic E-state index is -0.112. The van der Waals surface area contributed by atoms with Gasteiger partial charge in [0, 0.05) is 49.0 Å². The Morgan fingerprint density at radius 3 is 2.51 bits per heavy atom. The van der Waals surface area contributed by atoms with Crippen molar-refractivity contribution < 1.29 is 14.4 Å². The third kappa shape index (κ3) is 3.91. The van der Waals surface area contributed by atoms with Crippen molar-refractivity contribution in [3.63, 3.8) is 0 Å². The number of hydrogen-bond acceptors (Lipinski definition) is 3. The summed E-state index contributed by atoms with van der Waals surface area (Å²) >= 11 is 0. The molecule has 2 aliphatic heterocycles. The van der Waals surface area contributed by atoms with Gasteiger partial charge in [0.15, 0.2) is 0 Å². The standard InChI is InChI=1S/C28H28N4O3/c33-25(30-20-7-4-8-21(17-20)32-16-13-29-27(32)35)24-18-28(24)11-14-31(15-12-28)26(34)23-10-3-6-19-5-1-2-9-22(19)23/h1-10,17,24H,11-16,18H2,(H,29,35)(H,30,33)/t24-/m1/s1. The lowest BCUT2D eigenvalue weighted by molar-refractivity contribution is -0.118. The monoisotopic (exact) mass is 468 g/mol. The van der Waals surface area contributed by atoms with Gasteiger partial charge in [0.2, 0.25) is 5.91 Å². The maximum atomic E-state index is 13.3. The molecule has 0 bridgehead atoms. The largest absolute Gasteiger partial charge is 0.339 e. The van der Waals surface area contributed by atoms with E-state index in [2.05, 4.69) is 10.6 Å². The molecule has 3 fully saturated rings. The number of fused-ring (bicyclic) bond motifs is 1. The molecule has 1 atom stereocenters. The molecular formula is C28H28N4O3. The summed E-state index contributed by atoms with van der Waals surface area (Å²) < 4.78 is 0. The first-order valence-electron chi connectivity index (χ1n) is 12.3. The first-order valence-corrected chi connectivity index (χ1v) is 12.3. The Labute approximate surface area is 204 Å². The lowest BCUT2D eigenvalue weighted by Crippen LogP contribution is -2.40. The van der Waals surface area contributed by atoms with Gasteiger partial charge in [-0.2, -0.15) is 0 Å². The maximum absolute atomic E-state index is 13.3. The second-order valence-electron chi connectivity index (χ2n) is 9.86. The Bertz CT molecular complexity index is 1320. The Balaban J connectivity index is 1.08. The topological polar surface area (TPSA) is 81.8 Å². The number of amides is 4. The molecule has 2 heterocycles. The molecule has 4 amide bonds. The van der Waals surface area contributed by atoms with E-state index in [1.54, 1.807) is 4.90 Å². The number of benzene rings is 3. The van der Waals surface area contributed by atoms with Crippen LogP contribution in [0.15, 0.2) is 66.7 Å². The van der Waals surface area contributed by atoms with Crippen molar-refractivity contribution in [2.45, 2.75) is 19.3 Å². The van der Waals surface area contributed by atoms with E-state index in [9.17, 15) is 14.4 Å². The zero-order valence-electron chi connectivity index (χ0n) is 19.5. The number of likely N-dealkylation sites (tertiary alicyclic amines) is 1. The summed E-state index contributed by atoms with van der Waals surface area (Å²) in [5.74, 6) is 0.0685. The van der Waals surface area contributed by atoms with Gasteiger partial charge >= 0.3 is 6.03 Å². The molecule has 35 heavy (non-hydrogen) atoms. The molecule has 178 valence electrons. The maximum Gasteiger partial charge on any atom is 0.321 e. The minimum Gasteiger partial charge on any atom is -0.339 e. The number of urea groups is 1. The first kappa shape index (κ1) is 21.6. The number of carbonyl (C=O) groups is 3. The van der Waals surface area contributed by atoms with Crippen LogP contribution >= 0.6 is 0 Å². The first-order chi connectivity index (χ1) is 17.0. The second-order valence-corrected chi connectivity index (χ2v) is 9.86. The predicted molar refractivity (Wildman–Crippen MR) is 135 cm³/mol. The fourth-order valence-electron chi connectivity index (χ4n) is 5.71. The van der Waals surface area contributed by atoms with Crippen molar-refractivity contribution in [3.8, 4) is 0 Å². The number of anilines is 2. The Hall–Kier alpha value is -3.87. The smallest absolute Gasteiger partial charge is 0.321 e. The lowest BCUT2D eigenvalue weighted by Gasteiger charge is -2.33. The van der Waals surface area contributed by atoms with E-state index in [1.807, 2.05) is 71.6 Å². The van der Waals surface area contributed by atoms with Gasteiger partial charge in [-0.3, -0.25) is 14.5 Å². The van der Waals surface area contributed by atoms with E-state index in [-0.39, 0.29) is 29.2 Å². The van der Waals surface area contributed by atoms with E-state index in [4.69, 9.17) is 0 Å². The summed E-state index contributed by atoms with van der Waals surface area (Å²) in [7, 11) is 0. The average molecular weight is 469 g/mol. The summed E-state index contributed by atoms with van der Waals surface area (Å²) in [5.41, 5.74) is 2.23. The summed E-state index contributed by atoms with van der Waals surface area (Å²) in [4.78, 5) is 41.9. The molecule has 6 rings (SSSR count). The van der Waals surface area contributed by atoms with Gasteiger partial charge in [-0.15, -0.1) is 0 Å². The molecule has 2 saturated heterocycles. The zero-order chi connectivity index (χ0) is 24.0. The molecule has 3 aliphatic rings. The number of nitrogens with one attached hydrogen (secondary N) is 2. The highest BCUT2D eigenvalue weighted by molar-refractivity contribution is 6.07.